The summed E-state index contributed by atoms with van der Waals surface area (Å²) in [6.07, 6.45) is 2.24. The molecule has 0 saturated carbocycles. The molecule has 1 aromatic heterocycles. The second kappa shape index (κ2) is 7.87. The summed E-state index contributed by atoms with van der Waals surface area (Å²) in [5.74, 6) is 0.408. The van der Waals surface area contributed by atoms with Crippen LogP contribution in [0.2, 0.25) is 0 Å². The third kappa shape index (κ3) is 4.16. The monoisotopic (exact) mass is 377 g/mol. The van der Waals surface area contributed by atoms with Gasteiger partial charge in [0, 0.05) is 5.69 Å². The molecule has 0 bridgehead atoms. The number of para-hydroxylation sites is 1. The summed E-state index contributed by atoms with van der Waals surface area (Å²) in [4.78, 5) is 18.5. The summed E-state index contributed by atoms with van der Waals surface area (Å²) in [6, 6.07) is 17.4. The van der Waals surface area contributed by atoms with Gasteiger partial charge in [-0.3, -0.25) is 4.79 Å². The molecular weight excluding hydrogens is 356 g/mol. The number of carbonyl (C=O) groups excluding carboxylic acids is 1. The summed E-state index contributed by atoms with van der Waals surface area (Å²) < 4.78 is 1.23. The van der Waals surface area contributed by atoms with Crippen molar-refractivity contribution < 1.29 is 9.69 Å². The molecule has 5 nitrogen and oxygen atoms in total. The highest BCUT2D eigenvalue weighted by Gasteiger charge is 2.28. The molecule has 0 aliphatic carbocycles. The van der Waals surface area contributed by atoms with Crippen LogP contribution in [0.15, 0.2) is 48.5 Å². The van der Waals surface area contributed by atoms with Crippen molar-refractivity contribution in [1.29, 1.82) is 5.26 Å². The van der Waals surface area contributed by atoms with Gasteiger partial charge >= 0.3 is 0 Å². The number of thiazole rings is 1. The van der Waals surface area contributed by atoms with Crippen LogP contribution in [0.25, 0.3) is 10.2 Å². The number of hydrogen-bond acceptors (Lipinski definition) is 4. The van der Waals surface area contributed by atoms with Gasteiger partial charge in [0.25, 0.3) is 5.91 Å². The number of benzene rings is 2. The molecule has 2 atom stereocenters. The minimum Gasteiger partial charge on any atom is -0.327 e. The fourth-order valence-corrected chi connectivity index (χ4v) is 4.79. The molecule has 0 spiro atoms. The molecule has 2 heterocycles. The number of amides is 1. The maximum Gasteiger partial charge on any atom is 0.279 e. The van der Waals surface area contributed by atoms with Gasteiger partial charge in [0.15, 0.2) is 6.54 Å². The van der Waals surface area contributed by atoms with E-state index in [4.69, 9.17) is 10.2 Å². The number of likely N-dealkylation sites (tertiary alicyclic amines) is 1. The number of fused-ring (bicyclic) bond motifs is 1. The number of nitriles is 1. The van der Waals surface area contributed by atoms with E-state index in [0.717, 1.165) is 31.4 Å². The van der Waals surface area contributed by atoms with Crippen LogP contribution in [0.4, 0.5) is 5.69 Å². The van der Waals surface area contributed by atoms with E-state index >= 15 is 0 Å². The summed E-state index contributed by atoms with van der Waals surface area (Å²) in [5, 5.41) is 13.1. The number of carbonyl (C=O) groups is 1. The molecule has 1 aliphatic heterocycles. The summed E-state index contributed by atoms with van der Waals surface area (Å²) in [5.41, 5.74) is 2.30. The molecule has 1 saturated heterocycles. The average molecular weight is 377 g/mol. The second-order valence-corrected chi connectivity index (χ2v) is 8.04. The molecule has 6 heteroatoms. The highest BCUT2D eigenvalue weighted by molar-refractivity contribution is 7.18. The third-order valence-electron chi connectivity index (χ3n) is 4.96. The third-order valence-corrected chi connectivity index (χ3v) is 6.16. The summed E-state index contributed by atoms with van der Waals surface area (Å²) in [7, 11) is 0. The lowest BCUT2D eigenvalue weighted by Gasteiger charge is -2.28. The van der Waals surface area contributed by atoms with Crippen LogP contribution in [-0.4, -0.2) is 30.5 Å². The summed E-state index contributed by atoms with van der Waals surface area (Å²) in [6.45, 7) is 2.39. The van der Waals surface area contributed by atoms with E-state index in [0.29, 0.717) is 23.7 Å². The number of hydrogen-bond donors (Lipinski definition) is 2. The minimum atomic E-state index is -0.00922. The SMILES string of the molecule is N#Cc1cccc(NC(=O)C[NH+]2CCC[C@@H](c3nc4ccccc4s3)C2)c1. The Labute approximate surface area is 162 Å². The standard InChI is InChI=1S/C21H20N4OS/c22-12-15-5-3-7-17(11-15)23-20(26)14-25-10-4-6-16(13-25)21-24-18-8-1-2-9-19(18)27-21/h1-3,5,7-9,11,16H,4,6,10,13-14H2,(H,23,26)/p+1/t16-/m1/s1. The predicted octanol–water partition coefficient (Wildman–Crippen LogP) is 2.57. The largest absolute Gasteiger partial charge is 0.327 e. The number of quaternary nitrogens is 1. The Bertz CT molecular complexity index is 974. The molecule has 1 fully saturated rings. The van der Waals surface area contributed by atoms with Crippen molar-refractivity contribution in [2.24, 2.45) is 0 Å². The molecule has 136 valence electrons. The fourth-order valence-electron chi connectivity index (χ4n) is 3.69. The second-order valence-electron chi connectivity index (χ2n) is 6.98. The van der Waals surface area contributed by atoms with Crippen molar-refractivity contribution in [3.63, 3.8) is 0 Å². The Kier molecular flexibility index (Phi) is 5.14. The molecule has 0 radical (unpaired) electrons. The maximum atomic E-state index is 12.4. The lowest BCUT2D eigenvalue weighted by molar-refractivity contribution is -0.898. The van der Waals surface area contributed by atoms with Gasteiger partial charge in [-0.25, -0.2) is 4.98 Å². The van der Waals surface area contributed by atoms with Gasteiger partial charge in [-0.2, -0.15) is 5.26 Å². The van der Waals surface area contributed by atoms with Crippen LogP contribution in [0.5, 0.6) is 0 Å². The zero-order valence-electron chi connectivity index (χ0n) is 14.9. The Hall–Kier alpha value is -2.75. The molecule has 27 heavy (non-hydrogen) atoms. The zero-order valence-corrected chi connectivity index (χ0v) is 15.8. The summed E-state index contributed by atoms with van der Waals surface area (Å²) >= 11 is 1.78. The molecule has 2 aromatic carbocycles. The minimum absolute atomic E-state index is 0.00922. The first kappa shape index (κ1) is 17.7. The van der Waals surface area contributed by atoms with Crippen LogP contribution in [0.1, 0.15) is 29.3 Å². The van der Waals surface area contributed by atoms with Crippen molar-refractivity contribution in [3.05, 3.63) is 59.1 Å². The van der Waals surface area contributed by atoms with E-state index in [2.05, 4.69) is 23.5 Å². The molecule has 2 N–H and O–H groups in total. The Morgan fingerprint density at radius 3 is 3.04 bits per heavy atom. The van der Waals surface area contributed by atoms with E-state index in [1.807, 2.05) is 18.2 Å². The van der Waals surface area contributed by atoms with Gasteiger partial charge in [-0.15, -0.1) is 11.3 Å². The van der Waals surface area contributed by atoms with Crippen molar-refractivity contribution in [3.8, 4) is 6.07 Å². The Morgan fingerprint density at radius 1 is 1.30 bits per heavy atom. The van der Waals surface area contributed by atoms with Crippen molar-refractivity contribution in [2.75, 3.05) is 25.0 Å². The normalized spacial score (nSPS) is 19.5. The zero-order chi connectivity index (χ0) is 18.6. The predicted molar refractivity (Wildman–Crippen MR) is 107 cm³/mol. The number of rotatable bonds is 4. The topological polar surface area (TPSA) is 70.2 Å². The Morgan fingerprint density at radius 2 is 2.19 bits per heavy atom. The van der Waals surface area contributed by atoms with E-state index in [1.165, 1.54) is 14.6 Å². The highest BCUT2D eigenvalue weighted by atomic mass is 32.1. The molecule has 1 amide bonds. The number of aromatic nitrogens is 1. The smallest absolute Gasteiger partial charge is 0.279 e. The van der Waals surface area contributed by atoms with Gasteiger partial charge in [-0.05, 0) is 43.2 Å². The first-order valence-electron chi connectivity index (χ1n) is 9.20. The van der Waals surface area contributed by atoms with Gasteiger partial charge in [0.1, 0.15) is 5.01 Å². The molecule has 1 unspecified atom stereocenters. The van der Waals surface area contributed by atoms with Crippen molar-refractivity contribution >= 4 is 33.1 Å². The van der Waals surface area contributed by atoms with Gasteiger partial charge in [0.05, 0.1) is 40.9 Å². The molecule has 1 aliphatic rings. The lowest BCUT2D eigenvalue weighted by atomic mass is 9.99. The first-order chi connectivity index (χ1) is 13.2. The van der Waals surface area contributed by atoms with E-state index < -0.39 is 0 Å². The van der Waals surface area contributed by atoms with E-state index in [1.54, 1.807) is 29.5 Å². The van der Waals surface area contributed by atoms with Gasteiger partial charge < -0.3 is 10.2 Å². The number of nitrogens with zero attached hydrogens (tertiary/aromatic N) is 2. The molecule has 4 rings (SSSR count). The van der Waals surface area contributed by atoms with Crippen LogP contribution in [0, 0.1) is 11.3 Å². The lowest BCUT2D eigenvalue weighted by Crippen LogP contribution is -3.14. The average Bonchev–Trinajstić information content (AvgIpc) is 3.12. The number of anilines is 1. The van der Waals surface area contributed by atoms with Crippen LogP contribution in [0.3, 0.4) is 0 Å². The molecule has 3 aromatic rings. The van der Waals surface area contributed by atoms with E-state index in [9.17, 15) is 4.79 Å². The van der Waals surface area contributed by atoms with Crippen molar-refractivity contribution in [1.82, 2.24) is 4.98 Å². The number of nitrogens with one attached hydrogen (secondary N) is 2. The first-order valence-corrected chi connectivity index (χ1v) is 10.0. The van der Waals surface area contributed by atoms with Crippen LogP contribution < -0.4 is 10.2 Å². The number of piperidine rings is 1. The molecular formula is C21H21N4OS+. The van der Waals surface area contributed by atoms with Gasteiger partial charge in [0.2, 0.25) is 0 Å². The fraction of sp³-hybridized carbons (Fsp3) is 0.286. The van der Waals surface area contributed by atoms with E-state index in [-0.39, 0.29) is 5.91 Å². The maximum absolute atomic E-state index is 12.4. The van der Waals surface area contributed by atoms with Crippen LogP contribution >= 0.6 is 11.3 Å². The Balaban J connectivity index is 1.39. The van der Waals surface area contributed by atoms with Gasteiger partial charge in [-0.1, -0.05) is 18.2 Å². The van der Waals surface area contributed by atoms with Crippen molar-refractivity contribution in [2.45, 2.75) is 18.8 Å². The highest BCUT2D eigenvalue weighted by Crippen LogP contribution is 2.30. The quantitative estimate of drug-likeness (QED) is 0.734. The van der Waals surface area contributed by atoms with Crippen LogP contribution in [-0.2, 0) is 4.79 Å².